The highest BCUT2D eigenvalue weighted by atomic mass is 32.2. The number of aliphatic hydroxyl groups is 1. The average Bonchev–Trinajstić information content (AvgIpc) is 2.16. The maximum atomic E-state index is 11.4. The van der Waals surface area contributed by atoms with Gasteiger partial charge in [0, 0.05) is 13.2 Å². The van der Waals surface area contributed by atoms with Crippen LogP contribution in [0.25, 0.3) is 0 Å². The molecule has 0 saturated heterocycles. The van der Waals surface area contributed by atoms with Gasteiger partial charge in [-0.2, -0.15) is 0 Å². The second-order valence-electron chi connectivity index (χ2n) is 4.15. The smallest absolute Gasteiger partial charge is 0.211 e. The quantitative estimate of drug-likeness (QED) is 0.538. The van der Waals surface area contributed by atoms with Crippen LogP contribution in [0.2, 0.25) is 0 Å². The summed E-state index contributed by atoms with van der Waals surface area (Å²) in [4.78, 5) is 2.08. The highest BCUT2D eigenvalue weighted by Gasteiger charge is 2.08. The Bertz CT molecular complexity index is 253. The molecule has 0 aliphatic carbocycles. The van der Waals surface area contributed by atoms with E-state index in [1.54, 1.807) is 0 Å². The van der Waals surface area contributed by atoms with Crippen LogP contribution in [0.15, 0.2) is 0 Å². The van der Waals surface area contributed by atoms with E-state index in [1.165, 1.54) is 0 Å². The van der Waals surface area contributed by atoms with Crippen LogP contribution < -0.4 is 4.72 Å². The van der Waals surface area contributed by atoms with Gasteiger partial charge in [0.05, 0.1) is 5.75 Å². The van der Waals surface area contributed by atoms with Gasteiger partial charge in [-0.05, 0) is 46.3 Å². The topological polar surface area (TPSA) is 69.6 Å². The molecule has 0 heterocycles. The zero-order valence-electron chi connectivity index (χ0n) is 10.3. The zero-order chi connectivity index (χ0) is 12.4. The molecular formula is C10H24N2O3S. The first kappa shape index (κ1) is 15.8. The summed E-state index contributed by atoms with van der Waals surface area (Å²) in [6.07, 6.45) is 2.91. The summed E-state index contributed by atoms with van der Waals surface area (Å²) in [5.74, 6) is 0.112. The zero-order valence-corrected chi connectivity index (χ0v) is 11.1. The molecule has 0 rings (SSSR count). The normalized spacial score (nSPS) is 12.2. The first-order chi connectivity index (χ1) is 7.48. The molecule has 0 unspecified atom stereocenters. The third kappa shape index (κ3) is 10.4. The number of nitrogens with zero attached hydrogens (tertiary/aromatic N) is 1. The van der Waals surface area contributed by atoms with Crippen molar-refractivity contribution in [3.8, 4) is 0 Å². The van der Waals surface area contributed by atoms with Gasteiger partial charge in [-0.1, -0.05) is 0 Å². The van der Waals surface area contributed by atoms with Gasteiger partial charge in [0.1, 0.15) is 0 Å². The van der Waals surface area contributed by atoms with Crippen LogP contribution in [0.1, 0.15) is 25.7 Å². The van der Waals surface area contributed by atoms with Gasteiger partial charge in [0.25, 0.3) is 0 Å². The van der Waals surface area contributed by atoms with E-state index in [9.17, 15) is 8.42 Å². The molecule has 0 atom stereocenters. The third-order valence-corrected chi connectivity index (χ3v) is 3.65. The number of nitrogens with one attached hydrogen (secondary N) is 1. The number of rotatable bonds is 10. The molecule has 0 aromatic heterocycles. The number of aliphatic hydroxyl groups excluding tert-OH is 1. The number of sulfonamides is 1. The molecule has 0 aromatic carbocycles. The van der Waals surface area contributed by atoms with Gasteiger partial charge in [0.2, 0.25) is 10.0 Å². The molecular weight excluding hydrogens is 228 g/mol. The minimum absolute atomic E-state index is 0.0539. The largest absolute Gasteiger partial charge is 0.396 e. The first-order valence-corrected chi connectivity index (χ1v) is 7.36. The minimum Gasteiger partial charge on any atom is -0.396 e. The van der Waals surface area contributed by atoms with Gasteiger partial charge < -0.3 is 10.0 Å². The number of hydrogen-bond acceptors (Lipinski definition) is 4. The van der Waals surface area contributed by atoms with Crippen molar-refractivity contribution in [3.05, 3.63) is 0 Å². The average molecular weight is 252 g/mol. The van der Waals surface area contributed by atoms with E-state index in [1.807, 2.05) is 14.1 Å². The summed E-state index contributed by atoms with van der Waals surface area (Å²) < 4.78 is 25.4. The molecule has 0 fully saturated rings. The van der Waals surface area contributed by atoms with Crippen molar-refractivity contribution >= 4 is 10.0 Å². The van der Waals surface area contributed by atoms with E-state index in [0.29, 0.717) is 19.4 Å². The van der Waals surface area contributed by atoms with Crippen LogP contribution >= 0.6 is 0 Å². The predicted molar refractivity (Wildman–Crippen MR) is 65.9 cm³/mol. The summed E-state index contributed by atoms with van der Waals surface area (Å²) in [7, 11) is 0.869. The Balaban J connectivity index is 3.51. The molecule has 98 valence electrons. The van der Waals surface area contributed by atoms with E-state index in [2.05, 4.69) is 9.62 Å². The van der Waals surface area contributed by atoms with Crippen molar-refractivity contribution in [2.75, 3.05) is 39.5 Å². The van der Waals surface area contributed by atoms with Gasteiger partial charge in [-0.15, -0.1) is 0 Å². The summed E-state index contributed by atoms with van der Waals surface area (Å²) >= 11 is 0. The van der Waals surface area contributed by atoms with Crippen LogP contribution in [0.5, 0.6) is 0 Å². The number of hydrogen-bond donors (Lipinski definition) is 2. The van der Waals surface area contributed by atoms with Crippen LogP contribution in [0, 0.1) is 0 Å². The van der Waals surface area contributed by atoms with Crippen molar-refractivity contribution < 1.29 is 13.5 Å². The van der Waals surface area contributed by atoms with E-state index in [-0.39, 0.29) is 12.4 Å². The molecule has 0 bridgehead atoms. The second-order valence-corrected chi connectivity index (χ2v) is 6.08. The van der Waals surface area contributed by atoms with Crippen molar-refractivity contribution in [1.29, 1.82) is 0 Å². The summed E-state index contributed by atoms with van der Waals surface area (Å²) in [5.41, 5.74) is 0. The fraction of sp³-hybridized carbons (Fsp3) is 1.00. The Kier molecular flexibility index (Phi) is 8.83. The van der Waals surface area contributed by atoms with Crippen LogP contribution in [0.3, 0.4) is 0 Å². The monoisotopic (exact) mass is 252 g/mol. The fourth-order valence-corrected chi connectivity index (χ4v) is 2.44. The Morgan fingerprint density at radius 1 is 1.12 bits per heavy atom. The highest BCUT2D eigenvalue weighted by Crippen LogP contribution is 1.95. The molecule has 0 radical (unpaired) electrons. The lowest BCUT2D eigenvalue weighted by atomic mass is 10.3. The minimum atomic E-state index is -3.13. The lowest BCUT2D eigenvalue weighted by Crippen LogP contribution is -2.28. The van der Waals surface area contributed by atoms with E-state index >= 15 is 0 Å². The van der Waals surface area contributed by atoms with Gasteiger partial charge in [-0.3, -0.25) is 0 Å². The fourth-order valence-electron chi connectivity index (χ4n) is 1.26. The third-order valence-electron chi connectivity index (χ3n) is 2.18. The molecule has 0 amide bonds. The van der Waals surface area contributed by atoms with Crippen LogP contribution in [-0.4, -0.2) is 58.0 Å². The molecule has 0 aromatic rings. The molecule has 6 heteroatoms. The molecule has 16 heavy (non-hydrogen) atoms. The van der Waals surface area contributed by atoms with Crippen molar-refractivity contribution in [2.45, 2.75) is 25.7 Å². The maximum Gasteiger partial charge on any atom is 0.211 e. The van der Waals surface area contributed by atoms with Crippen molar-refractivity contribution in [2.24, 2.45) is 0 Å². The molecule has 0 saturated carbocycles. The summed E-state index contributed by atoms with van der Waals surface area (Å²) in [6, 6.07) is 0. The summed E-state index contributed by atoms with van der Waals surface area (Å²) in [5, 5.41) is 8.54. The maximum absolute atomic E-state index is 11.4. The standard InChI is InChI=1S/C10H24N2O3S/c1-12(2)8-4-3-7-11-16(14,15)10-6-5-9-13/h11,13H,3-10H2,1-2H3. The Labute approximate surface area is 98.9 Å². The van der Waals surface area contributed by atoms with E-state index in [4.69, 9.17) is 5.11 Å². The van der Waals surface area contributed by atoms with Crippen molar-refractivity contribution in [1.82, 2.24) is 9.62 Å². The van der Waals surface area contributed by atoms with E-state index < -0.39 is 10.0 Å². The number of unbranched alkanes of at least 4 members (excludes halogenated alkanes) is 2. The first-order valence-electron chi connectivity index (χ1n) is 5.71. The van der Waals surface area contributed by atoms with Gasteiger partial charge >= 0.3 is 0 Å². The molecule has 0 aliphatic rings. The second kappa shape index (κ2) is 8.92. The Morgan fingerprint density at radius 3 is 2.38 bits per heavy atom. The van der Waals surface area contributed by atoms with E-state index in [0.717, 1.165) is 19.4 Å². The highest BCUT2D eigenvalue weighted by molar-refractivity contribution is 7.89. The molecule has 0 aliphatic heterocycles. The van der Waals surface area contributed by atoms with Gasteiger partial charge in [-0.25, -0.2) is 13.1 Å². The van der Waals surface area contributed by atoms with Crippen molar-refractivity contribution in [3.63, 3.8) is 0 Å². The Hall–Kier alpha value is -0.170. The lowest BCUT2D eigenvalue weighted by molar-refractivity contribution is 0.287. The Morgan fingerprint density at radius 2 is 1.81 bits per heavy atom. The lowest BCUT2D eigenvalue weighted by Gasteiger charge is -2.09. The molecule has 2 N–H and O–H groups in total. The predicted octanol–water partition coefficient (Wildman–Crippen LogP) is 0.0201. The van der Waals surface area contributed by atoms with Crippen LogP contribution in [-0.2, 0) is 10.0 Å². The SMILES string of the molecule is CN(C)CCCCNS(=O)(=O)CCCCO. The summed E-state index contributed by atoms with van der Waals surface area (Å²) in [6.45, 7) is 1.54. The van der Waals surface area contributed by atoms with Crippen LogP contribution in [0.4, 0.5) is 0 Å². The molecule has 5 nitrogen and oxygen atoms in total. The van der Waals surface area contributed by atoms with Gasteiger partial charge in [0.15, 0.2) is 0 Å². The molecule has 0 spiro atoms.